The molecule has 0 aliphatic carbocycles. The van der Waals surface area contributed by atoms with Gasteiger partial charge in [-0.1, -0.05) is 17.7 Å². The Kier molecular flexibility index (Phi) is 4.60. The molecule has 4 heteroatoms. The highest BCUT2D eigenvalue weighted by Gasteiger charge is 2.28. The second kappa shape index (κ2) is 6.00. The Balaban J connectivity index is 1.82. The molecule has 2 N–H and O–H groups in total. The number of hydrogen-bond acceptors (Lipinski definition) is 2. The zero-order valence-electron chi connectivity index (χ0n) is 10.4. The third kappa shape index (κ3) is 3.67. The van der Waals surface area contributed by atoms with E-state index in [1.165, 1.54) is 6.07 Å². The van der Waals surface area contributed by atoms with Gasteiger partial charge in [-0.25, -0.2) is 4.39 Å². The van der Waals surface area contributed by atoms with E-state index < -0.39 is 5.60 Å². The zero-order chi connectivity index (χ0) is 13.0. The Bertz CT molecular complexity index is 405. The van der Waals surface area contributed by atoms with Gasteiger partial charge in [0.1, 0.15) is 5.82 Å². The van der Waals surface area contributed by atoms with Crippen molar-refractivity contribution in [2.24, 2.45) is 0 Å². The summed E-state index contributed by atoms with van der Waals surface area (Å²) in [6.07, 6.45) is 4.05. The molecule has 100 valence electrons. The number of piperidine rings is 1. The van der Waals surface area contributed by atoms with Crippen molar-refractivity contribution >= 4 is 11.6 Å². The topological polar surface area (TPSA) is 32.3 Å². The Hall–Kier alpha value is -0.640. The molecule has 1 aromatic rings. The van der Waals surface area contributed by atoms with E-state index in [-0.39, 0.29) is 10.8 Å². The molecule has 0 bridgehead atoms. The Morgan fingerprint density at radius 1 is 1.33 bits per heavy atom. The first-order chi connectivity index (χ1) is 8.59. The molecule has 0 amide bonds. The first-order valence-electron chi connectivity index (χ1n) is 6.46. The van der Waals surface area contributed by atoms with Crippen molar-refractivity contribution in [2.75, 3.05) is 13.1 Å². The average molecular weight is 272 g/mol. The van der Waals surface area contributed by atoms with Crippen molar-refractivity contribution in [3.05, 3.63) is 34.6 Å². The van der Waals surface area contributed by atoms with Crippen LogP contribution in [0.3, 0.4) is 0 Å². The molecule has 2 rings (SSSR count). The summed E-state index contributed by atoms with van der Waals surface area (Å²) in [7, 11) is 0. The number of benzene rings is 1. The molecule has 1 fully saturated rings. The fourth-order valence-corrected chi connectivity index (χ4v) is 2.58. The maximum Gasteiger partial charge on any atom is 0.142 e. The monoisotopic (exact) mass is 271 g/mol. The van der Waals surface area contributed by atoms with Gasteiger partial charge < -0.3 is 10.4 Å². The number of rotatable bonds is 4. The summed E-state index contributed by atoms with van der Waals surface area (Å²) in [6, 6.07) is 4.91. The number of aliphatic hydroxyl groups is 1. The quantitative estimate of drug-likeness (QED) is 0.883. The van der Waals surface area contributed by atoms with Gasteiger partial charge in [0.05, 0.1) is 10.6 Å². The SMILES string of the molecule is OC1(CCCc2ccc(Cl)c(F)c2)CCNCC1. The minimum atomic E-state index is -0.532. The van der Waals surface area contributed by atoms with E-state index >= 15 is 0 Å². The van der Waals surface area contributed by atoms with Crippen LogP contribution in [0.25, 0.3) is 0 Å². The van der Waals surface area contributed by atoms with E-state index in [0.717, 1.165) is 50.8 Å². The van der Waals surface area contributed by atoms with Crippen LogP contribution < -0.4 is 5.32 Å². The van der Waals surface area contributed by atoms with Crippen LogP contribution in [0, 0.1) is 5.82 Å². The summed E-state index contributed by atoms with van der Waals surface area (Å²) in [6.45, 7) is 1.76. The Morgan fingerprint density at radius 3 is 2.72 bits per heavy atom. The molecule has 1 heterocycles. The zero-order valence-corrected chi connectivity index (χ0v) is 11.1. The number of hydrogen-bond donors (Lipinski definition) is 2. The van der Waals surface area contributed by atoms with Crippen molar-refractivity contribution in [1.82, 2.24) is 5.32 Å². The maximum atomic E-state index is 13.2. The fraction of sp³-hybridized carbons (Fsp3) is 0.571. The van der Waals surface area contributed by atoms with Crippen molar-refractivity contribution in [1.29, 1.82) is 0 Å². The van der Waals surface area contributed by atoms with Crippen LogP contribution in [0.5, 0.6) is 0 Å². The lowest BCUT2D eigenvalue weighted by molar-refractivity contribution is 0.000921. The first-order valence-corrected chi connectivity index (χ1v) is 6.84. The predicted octanol–water partition coefficient (Wildman–Crippen LogP) is 2.92. The first kappa shape index (κ1) is 13.8. The smallest absolute Gasteiger partial charge is 0.142 e. The lowest BCUT2D eigenvalue weighted by Gasteiger charge is -2.32. The standard InChI is InChI=1S/C14H19ClFNO/c15-12-4-3-11(10-13(12)16)2-1-5-14(18)6-8-17-9-7-14/h3-4,10,17-18H,1-2,5-9H2. The number of halogens is 2. The number of aryl methyl sites for hydroxylation is 1. The van der Waals surface area contributed by atoms with E-state index in [1.807, 2.05) is 6.07 Å². The number of nitrogens with one attached hydrogen (secondary N) is 1. The second-order valence-electron chi connectivity index (χ2n) is 5.08. The van der Waals surface area contributed by atoms with E-state index in [2.05, 4.69) is 5.32 Å². The van der Waals surface area contributed by atoms with Crippen LogP contribution >= 0.6 is 11.6 Å². The average Bonchev–Trinajstić information content (AvgIpc) is 2.34. The molecule has 18 heavy (non-hydrogen) atoms. The third-order valence-corrected chi connectivity index (χ3v) is 3.93. The van der Waals surface area contributed by atoms with Gasteiger partial charge in [0.25, 0.3) is 0 Å². The molecule has 0 spiro atoms. The van der Waals surface area contributed by atoms with Crippen LogP contribution in [0.2, 0.25) is 5.02 Å². The van der Waals surface area contributed by atoms with Crippen LogP contribution in [0.15, 0.2) is 18.2 Å². The summed E-state index contributed by atoms with van der Waals surface area (Å²) >= 11 is 5.64. The molecule has 0 atom stereocenters. The third-order valence-electron chi connectivity index (χ3n) is 3.63. The van der Waals surface area contributed by atoms with Gasteiger partial charge in [0.15, 0.2) is 0 Å². The highest BCUT2D eigenvalue weighted by atomic mass is 35.5. The molecular formula is C14H19ClFNO. The summed E-state index contributed by atoms with van der Waals surface area (Å²) in [5, 5.41) is 13.7. The Labute approximate surface area is 112 Å². The summed E-state index contributed by atoms with van der Waals surface area (Å²) in [5.74, 6) is -0.366. The summed E-state index contributed by atoms with van der Waals surface area (Å²) in [4.78, 5) is 0. The van der Waals surface area contributed by atoms with Crippen molar-refractivity contribution in [3.8, 4) is 0 Å². The highest BCUT2D eigenvalue weighted by molar-refractivity contribution is 6.30. The molecule has 0 unspecified atom stereocenters. The molecule has 1 saturated heterocycles. The van der Waals surface area contributed by atoms with Crippen LogP contribution in [0.4, 0.5) is 4.39 Å². The summed E-state index contributed by atoms with van der Waals surface area (Å²) in [5.41, 5.74) is 0.408. The van der Waals surface area contributed by atoms with Gasteiger partial charge in [0, 0.05) is 0 Å². The van der Waals surface area contributed by atoms with E-state index in [1.54, 1.807) is 6.07 Å². The van der Waals surface area contributed by atoms with E-state index in [4.69, 9.17) is 11.6 Å². The fourth-order valence-electron chi connectivity index (χ4n) is 2.46. The van der Waals surface area contributed by atoms with Gasteiger partial charge in [-0.2, -0.15) is 0 Å². The van der Waals surface area contributed by atoms with Crippen molar-refractivity contribution < 1.29 is 9.50 Å². The van der Waals surface area contributed by atoms with E-state index in [9.17, 15) is 9.50 Å². The second-order valence-corrected chi connectivity index (χ2v) is 5.48. The van der Waals surface area contributed by atoms with Crippen molar-refractivity contribution in [2.45, 2.75) is 37.7 Å². The molecule has 0 aromatic heterocycles. The molecular weight excluding hydrogens is 253 g/mol. The normalized spacial score (nSPS) is 18.8. The molecule has 2 nitrogen and oxygen atoms in total. The van der Waals surface area contributed by atoms with Crippen LogP contribution in [-0.2, 0) is 6.42 Å². The molecule has 1 aromatic carbocycles. The minimum absolute atomic E-state index is 0.163. The molecule has 1 aliphatic rings. The van der Waals surface area contributed by atoms with Gasteiger partial charge in [0.2, 0.25) is 0 Å². The van der Waals surface area contributed by atoms with Gasteiger partial charge >= 0.3 is 0 Å². The molecule has 0 saturated carbocycles. The predicted molar refractivity (Wildman–Crippen MR) is 71.4 cm³/mol. The van der Waals surface area contributed by atoms with Crippen LogP contribution in [0.1, 0.15) is 31.2 Å². The molecule has 1 aliphatic heterocycles. The largest absolute Gasteiger partial charge is 0.390 e. The summed E-state index contributed by atoms with van der Waals surface area (Å²) < 4.78 is 13.2. The highest BCUT2D eigenvalue weighted by Crippen LogP contribution is 2.25. The van der Waals surface area contributed by atoms with Gasteiger partial charge in [-0.3, -0.25) is 0 Å². The maximum absolute atomic E-state index is 13.2. The molecule has 0 radical (unpaired) electrons. The minimum Gasteiger partial charge on any atom is -0.390 e. The van der Waals surface area contributed by atoms with Gasteiger partial charge in [-0.15, -0.1) is 0 Å². The lowest BCUT2D eigenvalue weighted by Crippen LogP contribution is -2.41. The Morgan fingerprint density at radius 2 is 2.06 bits per heavy atom. The van der Waals surface area contributed by atoms with E-state index in [0.29, 0.717) is 0 Å². The lowest BCUT2D eigenvalue weighted by atomic mass is 9.87. The van der Waals surface area contributed by atoms with Crippen LogP contribution in [-0.4, -0.2) is 23.8 Å². The van der Waals surface area contributed by atoms with Gasteiger partial charge in [-0.05, 0) is 62.9 Å². The van der Waals surface area contributed by atoms with Crippen molar-refractivity contribution in [3.63, 3.8) is 0 Å².